The van der Waals surface area contributed by atoms with Gasteiger partial charge in [-0.05, 0) is 24.1 Å². The molecule has 0 bridgehead atoms. The molecule has 8 heteroatoms. The quantitative estimate of drug-likeness (QED) is 0.829. The molecule has 20 heavy (non-hydrogen) atoms. The number of halogens is 1. The van der Waals surface area contributed by atoms with Crippen molar-refractivity contribution in [1.82, 2.24) is 4.72 Å². The van der Waals surface area contributed by atoms with Crippen molar-refractivity contribution in [3.05, 3.63) is 28.8 Å². The molecule has 0 radical (unpaired) electrons. The molecule has 1 aromatic rings. The van der Waals surface area contributed by atoms with Gasteiger partial charge in [-0.1, -0.05) is 18.5 Å². The molecule has 0 saturated carbocycles. The van der Waals surface area contributed by atoms with Gasteiger partial charge in [-0.15, -0.1) is 0 Å². The molecule has 108 valence electrons. The third-order valence-electron chi connectivity index (χ3n) is 2.49. The Labute approximate surface area is 122 Å². The zero-order valence-electron chi connectivity index (χ0n) is 10.6. The van der Waals surface area contributed by atoms with Gasteiger partial charge in [-0.25, -0.2) is 13.1 Å². The fraction of sp³-hybridized carbons (Fsp3) is 0.333. The van der Waals surface area contributed by atoms with E-state index in [0.717, 1.165) is 0 Å². The number of hydrogen-bond acceptors (Lipinski definition) is 4. The summed E-state index contributed by atoms with van der Waals surface area (Å²) in [5.41, 5.74) is 0.174. The van der Waals surface area contributed by atoms with E-state index in [1.807, 2.05) is 6.07 Å². The van der Waals surface area contributed by atoms with E-state index in [0.29, 0.717) is 0 Å². The van der Waals surface area contributed by atoms with E-state index >= 15 is 0 Å². The van der Waals surface area contributed by atoms with Crippen molar-refractivity contribution < 1.29 is 18.3 Å². The lowest BCUT2D eigenvalue weighted by Crippen LogP contribution is -2.29. The third kappa shape index (κ3) is 4.49. The van der Waals surface area contributed by atoms with Gasteiger partial charge in [-0.2, -0.15) is 5.26 Å². The van der Waals surface area contributed by atoms with Crippen LogP contribution in [-0.4, -0.2) is 26.0 Å². The molecular weight excluding hydrogens is 304 g/mol. The van der Waals surface area contributed by atoms with Gasteiger partial charge >= 0.3 is 5.97 Å². The Morgan fingerprint density at radius 2 is 2.20 bits per heavy atom. The molecule has 0 aromatic heterocycles. The normalized spacial score (nSPS) is 12.7. The van der Waals surface area contributed by atoms with Crippen LogP contribution in [0, 0.1) is 17.2 Å². The molecule has 0 aliphatic carbocycles. The Kier molecular flexibility index (Phi) is 5.51. The summed E-state index contributed by atoms with van der Waals surface area (Å²) in [4.78, 5) is 10.3. The molecule has 2 N–H and O–H groups in total. The van der Waals surface area contributed by atoms with Gasteiger partial charge in [0.05, 0.1) is 16.7 Å². The molecule has 0 spiro atoms. The number of benzene rings is 1. The van der Waals surface area contributed by atoms with E-state index in [-0.39, 0.29) is 34.4 Å². The van der Waals surface area contributed by atoms with Crippen LogP contribution in [0.15, 0.2) is 23.1 Å². The number of carbonyl (C=O) groups is 1. The van der Waals surface area contributed by atoms with Gasteiger partial charge in [0, 0.05) is 13.0 Å². The first-order valence-corrected chi connectivity index (χ1v) is 7.53. The highest BCUT2D eigenvalue weighted by atomic mass is 35.5. The Morgan fingerprint density at radius 3 is 2.75 bits per heavy atom. The summed E-state index contributed by atoms with van der Waals surface area (Å²) in [5.74, 6) is -1.36. The summed E-state index contributed by atoms with van der Waals surface area (Å²) in [6, 6.07) is 5.74. The zero-order valence-corrected chi connectivity index (χ0v) is 12.2. The standard InChI is InChI=1S/C12H13ClN2O4S/c1-8(4-12(16)17)7-15-20(18,19)11-5-9(6-14)2-3-10(11)13/h2-3,5,8,15H,4,7H2,1H3,(H,16,17). The van der Waals surface area contributed by atoms with Gasteiger partial charge in [0.1, 0.15) is 4.90 Å². The van der Waals surface area contributed by atoms with Crippen LogP contribution < -0.4 is 4.72 Å². The van der Waals surface area contributed by atoms with Crippen LogP contribution in [0.25, 0.3) is 0 Å². The first-order valence-electron chi connectivity index (χ1n) is 5.67. The Bertz CT molecular complexity index is 652. The Balaban J connectivity index is 2.89. The van der Waals surface area contributed by atoms with Crippen molar-refractivity contribution in [3.8, 4) is 6.07 Å². The molecule has 6 nitrogen and oxygen atoms in total. The molecule has 0 fully saturated rings. The monoisotopic (exact) mass is 316 g/mol. The van der Waals surface area contributed by atoms with Crippen LogP contribution in [0.4, 0.5) is 0 Å². The van der Waals surface area contributed by atoms with E-state index in [1.165, 1.54) is 18.2 Å². The third-order valence-corrected chi connectivity index (χ3v) is 4.40. The minimum absolute atomic E-state index is 0.00221. The predicted molar refractivity (Wildman–Crippen MR) is 72.8 cm³/mol. The van der Waals surface area contributed by atoms with Crippen LogP contribution in [-0.2, 0) is 14.8 Å². The summed E-state index contributed by atoms with van der Waals surface area (Å²) >= 11 is 5.81. The first-order chi connectivity index (χ1) is 9.26. The molecule has 1 unspecified atom stereocenters. The zero-order chi connectivity index (χ0) is 15.3. The highest BCUT2D eigenvalue weighted by Gasteiger charge is 2.20. The van der Waals surface area contributed by atoms with Crippen molar-refractivity contribution in [3.63, 3.8) is 0 Å². The van der Waals surface area contributed by atoms with Gasteiger partial charge < -0.3 is 5.11 Å². The van der Waals surface area contributed by atoms with Crippen LogP contribution >= 0.6 is 11.6 Å². The average Bonchev–Trinajstić information content (AvgIpc) is 2.36. The van der Waals surface area contributed by atoms with Crippen molar-refractivity contribution in [1.29, 1.82) is 5.26 Å². The number of rotatable bonds is 6. The largest absolute Gasteiger partial charge is 0.481 e. The highest BCUT2D eigenvalue weighted by molar-refractivity contribution is 7.89. The van der Waals surface area contributed by atoms with Gasteiger partial charge in [0.15, 0.2) is 0 Å². The van der Waals surface area contributed by atoms with Crippen LogP contribution in [0.5, 0.6) is 0 Å². The Hall–Kier alpha value is -1.62. The summed E-state index contributed by atoms with van der Waals surface area (Å²) in [7, 11) is -3.88. The lowest BCUT2D eigenvalue weighted by molar-refractivity contribution is -0.137. The van der Waals surface area contributed by atoms with Crippen molar-refractivity contribution in [2.75, 3.05) is 6.54 Å². The van der Waals surface area contributed by atoms with Crippen molar-refractivity contribution >= 4 is 27.6 Å². The van der Waals surface area contributed by atoms with E-state index in [4.69, 9.17) is 22.0 Å². The van der Waals surface area contributed by atoms with E-state index in [1.54, 1.807) is 6.92 Å². The number of nitriles is 1. The maximum atomic E-state index is 12.1. The number of carboxylic acid groups (broad SMARTS) is 1. The molecule has 1 rings (SSSR count). The lowest BCUT2D eigenvalue weighted by Gasteiger charge is -2.12. The molecule has 0 heterocycles. The Morgan fingerprint density at radius 1 is 1.55 bits per heavy atom. The molecule has 0 aliphatic rings. The molecule has 1 atom stereocenters. The fourth-order valence-corrected chi connectivity index (χ4v) is 3.17. The second kappa shape index (κ2) is 6.70. The fourth-order valence-electron chi connectivity index (χ4n) is 1.48. The second-order valence-electron chi connectivity index (χ2n) is 4.31. The number of nitrogens with one attached hydrogen (secondary N) is 1. The van der Waals surface area contributed by atoms with Crippen LogP contribution in [0.1, 0.15) is 18.9 Å². The van der Waals surface area contributed by atoms with Crippen molar-refractivity contribution in [2.45, 2.75) is 18.2 Å². The molecule has 0 aliphatic heterocycles. The molecular formula is C12H13ClN2O4S. The topological polar surface area (TPSA) is 107 Å². The highest BCUT2D eigenvalue weighted by Crippen LogP contribution is 2.22. The van der Waals surface area contributed by atoms with Crippen LogP contribution in [0.3, 0.4) is 0 Å². The van der Waals surface area contributed by atoms with E-state index < -0.39 is 16.0 Å². The predicted octanol–water partition coefficient (Wildman–Crippen LogP) is 1.60. The van der Waals surface area contributed by atoms with Gasteiger partial charge in [0.25, 0.3) is 0 Å². The van der Waals surface area contributed by atoms with Crippen LogP contribution in [0.2, 0.25) is 5.02 Å². The van der Waals surface area contributed by atoms with Gasteiger partial charge in [-0.3, -0.25) is 4.79 Å². The number of nitrogens with zero attached hydrogens (tertiary/aromatic N) is 1. The molecule has 0 saturated heterocycles. The maximum absolute atomic E-state index is 12.1. The number of sulfonamides is 1. The van der Waals surface area contributed by atoms with E-state index in [9.17, 15) is 13.2 Å². The average molecular weight is 317 g/mol. The smallest absolute Gasteiger partial charge is 0.303 e. The van der Waals surface area contributed by atoms with E-state index in [2.05, 4.69) is 4.72 Å². The molecule has 0 amide bonds. The maximum Gasteiger partial charge on any atom is 0.303 e. The number of hydrogen-bond donors (Lipinski definition) is 2. The SMILES string of the molecule is CC(CNS(=O)(=O)c1cc(C#N)ccc1Cl)CC(=O)O. The summed E-state index contributed by atoms with van der Waals surface area (Å²) in [6.07, 6.45) is -0.144. The lowest BCUT2D eigenvalue weighted by atomic mass is 10.1. The first kappa shape index (κ1) is 16.4. The summed E-state index contributed by atoms with van der Waals surface area (Å²) in [5, 5.41) is 17.4. The number of carboxylic acids is 1. The molecule has 1 aromatic carbocycles. The minimum Gasteiger partial charge on any atom is -0.481 e. The number of aliphatic carboxylic acids is 1. The summed E-state index contributed by atoms with van der Waals surface area (Å²) in [6.45, 7) is 1.59. The minimum atomic E-state index is -3.88. The van der Waals surface area contributed by atoms with Crippen molar-refractivity contribution in [2.24, 2.45) is 5.92 Å². The second-order valence-corrected chi connectivity index (χ2v) is 6.45. The summed E-state index contributed by atoms with van der Waals surface area (Å²) < 4.78 is 26.4. The van der Waals surface area contributed by atoms with Gasteiger partial charge in [0.2, 0.25) is 10.0 Å².